The molecule has 0 N–H and O–H groups in total. The fraction of sp³-hybridized carbons (Fsp3) is 0.294. The number of hydrogen-bond donors (Lipinski definition) is 0. The van der Waals surface area contributed by atoms with Crippen LogP contribution in [0.15, 0.2) is 36.4 Å². The van der Waals surface area contributed by atoms with Gasteiger partial charge in [0.1, 0.15) is 0 Å². The van der Waals surface area contributed by atoms with Crippen molar-refractivity contribution < 1.29 is 21.4 Å². The van der Waals surface area contributed by atoms with Crippen LogP contribution in [0, 0.1) is 13.8 Å². The maximum absolute atomic E-state index is 2.54. The summed E-state index contributed by atoms with van der Waals surface area (Å²) in [4.78, 5) is 0. The monoisotopic (exact) mass is 403 g/mol. The third-order valence-corrected chi connectivity index (χ3v) is 10.3. The van der Waals surface area contributed by atoms with Gasteiger partial charge >= 0.3 is 118 Å². The zero-order valence-corrected chi connectivity index (χ0v) is 15.1. The molecule has 1 aliphatic carbocycles. The first-order valence-corrected chi connectivity index (χ1v) is 15.9. The van der Waals surface area contributed by atoms with Gasteiger partial charge in [0.25, 0.3) is 0 Å². The topological polar surface area (TPSA) is 0 Å². The average molecular weight is 402 g/mol. The van der Waals surface area contributed by atoms with Crippen LogP contribution in [0.25, 0.3) is 11.1 Å². The zero-order valence-electron chi connectivity index (χ0n) is 11.5. The van der Waals surface area contributed by atoms with Gasteiger partial charge in [0.2, 0.25) is 0 Å². The van der Waals surface area contributed by atoms with E-state index in [4.69, 9.17) is 0 Å². The summed E-state index contributed by atoms with van der Waals surface area (Å²) in [6, 6.07) is 14.0. The molecule has 0 spiro atoms. The van der Waals surface area contributed by atoms with E-state index in [-0.39, 0.29) is 0 Å². The Hall–Kier alpha value is -0.690. The maximum atomic E-state index is 2.54. The van der Waals surface area contributed by atoms with Crippen molar-refractivity contribution in [1.29, 1.82) is 0 Å². The second kappa shape index (κ2) is 4.45. The zero-order chi connectivity index (χ0) is 12.9. The summed E-state index contributed by atoms with van der Waals surface area (Å²) >= 11 is -1.48. The molecule has 0 radical (unpaired) electrons. The molecule has 1 aliphatic rings. The first kappa shape index (κ1) is 12.3. The third kappa shape index (κ3) is 1.84. The summed E-state index contributed by atoms with van der Waals surface area (Å²) in [6.45, 7) is 4.42. The first-order valence-electron chi connectivity index (χ1n) is 6.59. The molecule has 91 valence electrons. The molecule has 0 aliphatic heterocycles. The molecule has 0 unspecified atom stereocenters. The van der Waals surface area contributed by atoms with Crippen molar-refractivity contribution in [2.45, 2.75) is 26.9 Å². The Morgan fingerprint density at radius 1 is 0.778 bits per heavy atom. The Morgan fingerprint density at radius 3 is 1.61 bits per heavy atom. The van der Waals surface area contributed by atoms with Gasteiger partial charge in [0.15, 0.2) is 0 Å². The van der Waals surface area contributed by atoms with Crippen LogP contribution in [0.3, 0.4) is 0 Å². The number of benzene rings is 2. The second-order valence-electron chi connectivity index (χ2n) is 5.69. The molecule has 1 heteroatoms. The summed E-state index contributed by atoms with van der Waals surface area (Å²) in [5.74, 6) is 0. The third-order valence-electron chi connectivity index (χ3n) is 3.90. The SMILES string of the molecule is Cc1ccc2c(c1)[CH]([Hf]([CH3])[CH3])c1cc(C)ccc1-2. The van der Waals surface area contributed by atoms with Crippen LogP contribution < -0.4 is 0 Å². The Kier molecular flexibility index (Phi) is 3.05. The quantitative estimate of drug-likeness (QED) is 0.584. The fourth-order valence-corrected chi connectivity index (χ4v) is 9.31. The van der Waals surface area contributed by atoms with Crippen LogP contribution in [0.4, 0.5) is 0 Å². The second-order valence-corrected chi connectivity index (χ2v) is 15.5. The molecule has 0 heterocycles. The molecular formula is C17H19Hf. The molecule has 0 nitrogen and oxygen atoms in total. The number of aryl methyl sites for hydroxylation is 2. The van der Waals surface area contributed by atoms with E-state index in [9.17, 15) is 0 Å². The summed E-state index contributed by atoms with van der Waals surface area (Å²) < 4.78 is 5.86. The van der Waals surface area contributed by atoms with Crippen LogP contribution in [-0.2, 0) is 21.4 Å². The van der Waals surface area contributed by atoms with Crippen molar-refractivity contribution >= 4 is 0 Å². The van der Waals surface area contributed by atoms with Gasteiger partial charge in [0.05, 0.1) is 0 Å². The predicted octanol–water partition coefficient (Wildman–Crippen LogP) is 5.09. The Labute approximate surface area is 118 Å². The molecule has 0 atom stereocenters. The predicted molar refractivity (Wildman–Crippen MR) is 74.9 cm³/mol. The fourth-order valence-electron chi connectivity index (χ4n) is 3.12. The molecule has 0 bridgehead atoms. The van der Waals surface area contributed by atoms with E-state index < -0.39 is 21.4 Å². The van der Waals surface area contributed by atoms with Gasteiger partial charge in [-0.25, -0.2) is 0 Å². The van der Waals surface area contributed by atoms with Crippen LogP contribution in [0.1, 0.15) is 25.9 Å². The first-order chi connectivity index (χ1) is 8.58. The molecule has 0 amide bonds. The van der Waals surface area contributed by atoms with E-state index in [2.05, 4.69) is 59.6 Å². The summed E-state index contributed by atoms with van der Waals surface area (Å²) in [5.41, 5.74) is 9.01. The van der Waals surface area contributed by atoms with Crippen LogP contribution >= 0.6 is 0 Å². The van der Waals surface area contributed by atoms with E-state index in [1.54, 1.807) is 11.1 Å². The van der Waals surface area contributed by atoms with Crippen molar-refractivity contribution in [1.82, 2.24) is 0 Å². The normalized spacial score (nSPS) is 13.3. The van der Waals surface area contributed by atoms with Gasteiger partial charge in [-0.05, 0) is 0 Å². The van der Waals surface area contributed by atoms with E-state index in [1.165, 1.54) is 22.3 Å². The molecule has 0 fully saturated rings. The van der Waals surface area contributed by atoms with E-state index in [1.807, 2.05) is 0 Å². The van der Waals surface area contributed by atoms with Crippen LogP contribution in [-0.4, -0.2) is 0 Å². The van der Waals surface area contributed by atoms with E-state index in [0.29, 0.717) is 0 Å². The van der Waals surface area contributed by atoms with E-state index in [0.717, 1.165) is 3.67 Å². The van der Waals surface area contributed by atoms with Crippen LogP contribution in [0.2, 0.25) is 9.36 Å². The molecule has 18 heavy (non-hydrogen) atoms. The van der Waals surface area contributed by atoms with Crippen molar-refractivity contribution in [2.75, 3.05) is 0 Å². The number of hydrogen-bond acceptors (Lipinski definition) is 0. The summed E-state index contributed by atoms with van der Waals surface area (Å²) in [7, 11) is 0. The minimum absolute atomic E-state index is 0.778. The van der Waals surface area contributed by atoms with Gasteiger partial charge < -0.3 is 0 Å². The molecule has 3 rings (SSSR count). The minimum atomic E-state index is -1.48. The molecular weight excluding hydrogens is 383 g/mol. The Morgan fingerprint density at radius 2 is 1.22 bits per heavy atom. The molecule has 0 aromatic heterocycles. The number of fused-ring (bicyclic) bond motifs is 3. The Balaban J connectivity index is 2.29. The number of rotatable bonds is 1. The van der Waals surface area contributed by atoms with Gasteiger partial charge in [-0.15, -0.1) is 0 Å². The van der Waals surface area contributed by atoms with Gasteiger partial charge in [-0.2, -0.15) is 0 Å². The van der Waals surface area contributed by atoms with Gasteiger partial charge in [-0.1, -0.05) is 0 Å². The Bertz CT molecular complexity index is 560. The average Bonchev–Trinajstić information content (AvgIpc) is 2.60. The standard InChI is InChI=1S/C15H13.2CH3.Hf/c1-10-3-5-14-12(7-10)9-13-8-11(2)4-6-15(13)14;;;/h3-9H,1-2H3;2*1H3;. The summed E-state index contributed by atoms with van der Waals surface area (Å²) in [5, 5.41) is 0. The van der Waals surface area contributed by atoms with Crippen molar-refractivity contribution in [3.63, 3.8) is 0 Å². The van der Waals surface area contributed by atoms with E-state index >= 15 is 0 Å². The molecule has 0 saturated carbocycles. The molecule has 2 aromatic rings. The molecule has 2 aromatic carbocycles. The van der Waals surface area contributed by atoms with Crippen molar-refractivity contribution in [3.8, 4) is 11.1 Å². The molecule has 0 saturated heterocycles. The van der Waals surface area contributed by atoms with Crippen LogP contribution in [0.5, 0.6) is 0 Å². The summed E-state index contributed by atoms with van der Waals surface area (Å²) in [6.07, 6.45) is 0. The van der Waals surface area contributed by atoms with Crippen molar-refractivity contribution in [2.24, 2.45) is 0 Å². The van der Waals surface area contributed by atoms with Gasteiger partial charge in [-0.3, -0.25) is 0 Å². The van der Waals surface area contributed by atoms with Gasteiger partial charge in [0, 0.05) is 0 Å². The van der Waals surface area contributed by atoms with Crippen molar-refractivity contribution in [3.05, 3.63) is 58.7 Å².